The summed E-state index contributed by atoms with van der Waals surface area (Å²) in [6.07, 6.45) is 3.90. The normalized spacial score (nSPS) is 10.3. The predicted octanol–water partition coefficient (Wildman–Crippen LogP) is 3.23. The van der Waals surface area contributed by atoms with Crippen LogP contribution in [-0.2, 0) is 17.6 Å². The number of hydrogen-bond acceptors (Lipinski definition) is 2. The van der Waals surface area contributed by atoms with Crippen molar-refractivity contribution >= 4 is 17.4 Å². The zero-order chi connectivity index (χ0) is 13.0. The first-order valence-electron chi connectivity index (χ1n) is 5.49. The molecule has 0 amide bonds. The minimum absolute atomic E-state index is 0.0456. The van der Waals surface area contributed by atoms with Gasteiger partial charge >= 0.3 is 0 Å². The molecule has 1 aromatic heterocycles. The van der Waals surface area contributed by atoms with E-state index in [0.717, 1.165) is 11.1 Å². The molecule has 0 spiro atoms. The molecule has 0 aliphatic heterocycles. The van der Waals surface area contributed by atoms with Crippen molar-refractivity contribution in [2.24, 2.45) is 0 Å². The number of carbonyl (C=O) groups excluding carboxylic acids is 1. The number of ketones is 1. The van der Waals surface area contributed by atoms with Crippen LogP contribution in [0.1, 0.15) is 11.1 Å². The molecular weight excluding hydrogens is 253 g/mol. The van der Waals surface area contributed by atoms with Crippen LogP contribution in [0, 0.1) is 5.82 Å². The lowest BCUT2D eigenvalue weighted by atomic mass is 10.0. The minimum Gasteiger partial charge on any atom is -0.299 e. The van der Waals surface area contributed by atoms with E-state index in [1.54, 1.807) is 30.6 Å². The van der Waals surface area contributed by atoms with Gasteiger partial charge in [-0.3, -0.25) is 9.78 Å². The first kappa shape index (κ1) is 12.7. The third kappa shape index (κ3) is 3.37. The van der Waals surface area contributed by atoms with Crippen molar-refractivity contribution in [1.29, 1.82) is 0 Å². The van der Waals surface area contributed by atoms with E-state index in [1.807, 2.05) is 0 Å². The molecule has 4 heteroatoms. The van der Waals surface area contributed by atoms with Gasteiger partial charge < -0.3 is 0 Å². The summed E-state index contributed by atoms with van der Waals surface area (Å²) >= 11 is 5.66. The summed E-state index contributed by atoms with van der Waals surface area (Å²) in [4.78, 5) is 15.7. The standard InChI is InChI=1S/C14H11ClFNO/c15-13-9-11(1-2-14(13)16)8-12(18)7-10-3-5-17-6-4-10/h1-6,9H,7-8H2. The van der Waals surface area contributed by atoms with Gasteiger partial charge in [0.2, 0.25) is 0 Å². The number of nitrogens with zero attached hydrogens (tertiary/aromatic N) is 1. The number of hydrogen-bond donors (Lipinski definition) is 0. The minimum atomic E-state index is -0.470. The van der Waals surface area contributed by atoms with Crippen LogP contribution in [0.25, 0.3) is 0 Å². The molecule has 0 saturated heterocycles. The molecule has 1 heterocycles. The molecule has 0 bridgehead atoms. The SMILES string of the molecule is O=C(Cc1ccncc1)Cc1ccc(F)c(Cl)c1. The van der Waals surface area contributed by atoms with Gasteiger partial charge in [0, 0.05) is 25.2 Å². The summed E-state index contributed by atoms with van der Waals surface area (Å²) in [5.74, 6) is -0.411. The van der Waals surface area contributed by atoms with Crippen LogP contribution in [-0.4, -0.2) is 10.8 Å². The smallest absolute Gasteiger partial charge is 0.141 e. The van der Waals surface area contributed by atoms with Gasteiger partial charge in [0.05, 0.1) is 5.02 Å². The van der Waals surface area contributed by atoms with Crippen molar-refractivity contribution in [1.82, 2.24) is 4.98 Å². The Bertz CT molecular complexity index is 557. The van der Waals surface area contributed by atoms with E-state index in [4.69, 9.17) is 11.6 Å². The number of aromatic nitrogens is 1. The maximum atomic E-state index is 13.0. The predicted molar refractivity (Wildman–Crippen MR) is 68.1 cm³/mol. The lowest BCUT2D eigenvalue weighted by molar-refractivity contribution is -0.117. The van der Waals surface area contributed by atoms with Crippen LogP contribution in [0.15, 0.2) is 42.7 Å². The fraction of sp³-hybridized carbons (Fsp3) is 0.143. The summed E-state index contributed by atoms with van der Waals surface area (Å²) in [6, 6.07) is 7.94. The van der Waals surface area contributed by atoms with Gasteiger partial charge in [-0.2, -0.15) is 0 Å². The van der Waals surface area contributed by atoms with E-state index in [0.29, 0.717) is 6.42 Å². The Balaban J connectivity index is 2.01. The summed E-state index contributed by atoms with van der Waals surface area (Å²) in [6.45, 7) is 0. The average molecular weight is 264 g/mol. The summed E-state index contributed by atoms with van der Waals surface area (Å²) in [5, 5.41) is 0.0456. The van der Waals surface area contributed by atoms with Crippen LogP contribution in [0.4, 0.5) is 4.39 Å². The van der Waals surface area contributed by atoms with Crippen molar-refractivity contribution in [3.63, 3.8) is 0 Å². The van der Waals surface area contributed by atoms with Crippen molar-refractivity contribution in [3.05, 3.63) is 64.7 Å². The molecule has 2 rings (SSSR count). The molecule has 0 fully saturated rings. The number of pyridine rings is 1. The maximum absolute atomic E-state index is 13.0. The van der Waals surface area contributed by atoms with Gasteiger partial charge in [-0.25, -0.2) is 4.39 Å². The molecule has 18 heavy (non-hydrogen) atoms. The van der Waals surface area contributed by atoms with Crippen molar-refractivity contribution in [2.75, 3.05) is 0 Å². The Morgan fingerprint density at radius 1 is 1.11 bits per heavy atom. The first-order chi connectivity index (χ1) is 8.65. The average Bonchev–Trinajstić information content (AvgIpc) is 2.35. The third-order valence-electron chi connectivity index (χ3n) is 2.54. The quantitative estimate of drug-likeness (QED) is 0.848. The topological polar surface area (TPSA) is 30.0 Å². The van der Waals surface area contributed by atoms with Crippen molar-refractivity contribution in [2.45, 2.75) is 12.8 Å². The van der Waals surface area contributed by atoms with E-state index in [2.05, 4.69) is 4.98 Å². The first-order valence-corrected chi connectivity index (χ1v) is 5.87. The van der Waals surface area contributed by atoms with E-state index >= 15 is 0 Å². The molecule has 2 aromatic rings. The van der Waals surface area contributed by atoms with Gasteiger partial charge in [0.25, 0.3) is 0 Å². The molecular formula is C14H11ClFNO. The number of benzene rings is 1. The molecule has 1 aromatic carbocycles. The summed E-state index contributed by atoms with van der Waals surface area (Å²) in [5.41, 5.74) is 1.64. The van der Waals surface area contributed by atoms with Crippen LogP contribution >= 0.6 is 11.6 Å². The van der Waals surface area contributed by atoms with Crippen molar-refractivity contribution in [3.8, 4) is 0 Å². The molecule has 0 unspecified atom stereocenters. The Labute approximate surface area is 109 Å². The molecule has 0 saturated carbocycles. The van der Waals surface area contributed by atoms with E-state index in [1.165, 1.54) is 12.1 Å². The molecule has 0 N–H and O–H groups in total. The van der Waals surface area contributed by atoms with E-state index < -0.39 is 5.82 Å². The van der Waals surface area contributed by atoms with Gasteiger partial charge in [0.15, 0.2) is 0 Å². The van der Waals surface area contributed by atoms with Gasteiger partial charge in [-0.15, -0.1) is 0 Å². The molecule has 0 aliphatic rings. The highest BCUT2D eigenvalue weighted by molar-refractivity contribution is 6.30. The van der Waals surface area contributed by atoms with Gasteiger partial charge in [-0.05, 0) is 35.4 Å². The Hall–Kier alpha value is -1.74. The fourth-order valence-corrected chi connectivity index (χ4v) is 1.87. The number of carbonyl (C=O) groups is 1. The lowest BCUT2D eigenvalue weighted by Gasteiger charge is -2.03. The van der Waals surface area contributed by atoms with Crippen LogP contribution in [0.3, 0.4) is 0 Å². The summed E-state index contributed by atoms with van der Waals surface area (Å²) < 4.78 is 13.0. The van der Waals surface area contributed by atoms with Crippen LogP contribution < -0.4 is 0 Å². The highest BCUT2D eigenvalue weighted by Crippen LogP contribution is 2.16. The Morgan fingerprint density at radius 3 is 2.44 bits per heavy atom. The highest BCUT2D eigenvalue weighted by atomic mass is 35.5. The number of rotatable bonds is 4. The van der Waals surface area contributed by atoms with Gasteiger partial charge in [0.1, 0.15) is 11.6 Å². The van der Waals surface area contributed by atoms with Crippen LogP contribution in [0.2, 0.25) is 5.02 Å². The molecule has 0 radical (unpaired) electrons. The van der Waals surface area contributed by atoms with Gasteiger partial charge in [-0.1, -0.05) is 17.7 Å². The second-order valence-corrected chi connectivity index (χ2v) is 4.40. The van der Waals surface area contributed by atoms with E-state index in [9.17, 15) is 9.18 Å². The largest absolute Gasteiger partial charge is 0.299 e. The van der Waals surface area contributed by atoms with E-state index in [-0.39, 0.29) is 17.2 Å². The monoisotopic (exact) mass is 263 g/mol. The molecule has 92 valence electrons. The zero-order valence-electron chi connectivity index (χ0n) is 9.57. The Morgan fingerprint density at radius 2 is 1.78 bits per heavy atom. The fourth-order valence-electron chi connectivity index (χ4n) is 1.67. The molecule has 0 aliphatic carbocycles. The van der Waals surface area contributed by atoms with Crippen molar-refractivity contribution < 1.29 is 9.18 Å². The lowest BCUT2D eigenvalue weighted by Crippen LogP contribution is -2.06. The van der Waals surface area contributed by atoms with Crippen LogP contribution in [0.5, 0.6) is 0 Å². The second-order valence-electron chi connectivity index (χ2n) is 4.00. The number of Topliss-reactive ketones (excluding diaryl/α,β-unsaturated/α-hetero) is 1. The highest BCUT2D eigenvalue weighted by Gasteiger charge is 2.07. The molecule has 2 nitrogen and oxygen atoms in total. The third-order valence-corrected chi connectivity index (χ3v) is 2.83. The summed E-state index contributed by atoms with van der Waals surface area (Å²) in [7, 11) is 0. The number of halogens is 2. The second kappa shape index (κ2) is 5.74. The Kier molecular flexibility index (Phi) is 4.05. The maximum Gasteiger partial charge on any atom is 0.141 e. The zero-order valence-corrected chi connectivity index (χ0v) is 10.3. The molecule has 0 atom stereocenters.